The molecule has 0 amide bonds. The molecule has 0 saturated heterocycles. The van der Waals surface area contributed by atoms with E-state index in [1.807, 2.05) is 0 Å². The van der Waals surface area contributed by atoms with Gasteiger partial charge in [-0.3, -0.25) is 0 Å². The summed E-state index contributed by atoms with van der Waals surface area (Å²) >= 11 is 5.14. The van der Waals surface area contributed by atoms with Crippen LogP contribution in [0.3, 0.4) is 0 Å². The zero-order valence-electron chi connectivity index (χ0n) is 11.9. The highest BCUT2D eigenvalue weighted by atomic mass is 32.1. The molecule has 1 unspecified atom stereocenters. The summed E-state index contributed by atoms with van der Waals surface area (Å²) in [7, 11) is 4.13. The number of nitrogens with two attached hydrogens (primary N) is 1. The number of hydrogen-bond donors (Lipinski definition) is 2. The summed E-state index contributed by atoms with van der Waals surface area (Å²) in [6.45, 7) is 3.00. The van der Waals surface area contributed by atoms with Crippen LogP contribution in [-0.4, -0.2) is 41.6 Å². The minimum atomic E-state index is 0.419. The number of pyridine rings is 1. The number of likely N-dealkylation sites (N-methyl/N-ethyl adjacent to an activating group) is 1. The van der Waals surface area contributed by atoms with Crippen molar-refractivity contribution in [3.63, 3.8) is 0 Å². The lowest BCUT2D eigenvalue weighted by Gasteiger charge is -2.21. The molecule has 3 N–H and O–H groups in total. The molecule has 1 heterocycles. The first-order valence-electron chi connectivity index (χ1n) is 6.72. The maximum Gasteiger partial charge on any atom is 0.136 e. The molecule has 1 aliphatic carbocycles. The molecular weight excluding hydrogens is 256 g/mol. The van der Waals surface area contributed by atoms with Gasteiger partial charge in [0.05, 0.1) is 5.56 Å². The zero-order chi connectivity index (χ0) is 14.0. The molecule has 0 saturated carbocycles. The lowest BCUT2D eigenvalue weighted by molar-refractivity contribution is 0.326. The van der Waals surface area contributed by atoms with Gasteiger partial charge in [-0.2, -0.15) is 0 Å². The molecule has 0 radical (unpaired) electrons. The smallest absolute Gasteiger partial charge is 0.136 e. The van der Waals surface area contributed by atoms with Gasteiger partial charge in [-0.15, -0.1) is 0 Å². The van der Waals surface area contributed by atoms with Crippen LogP contribution in [-0.2, 0) is 12.8 Å². The van der Waals surface area contributed by atoms with Crippen molar-refractivity contribution in [1.82, 2.24) is 9.88 Å². The number of nitrogens with one attached hydrogen (secondary N) is 1. The second-order valence-electron chi connectivity index (χ2n) is 5.40. The Morgan fingerprint density at radius 3 is 2.89 bits per heavy atom. The van der Waals surface area contributed by atoms with Crippen LogP contribution < -0.4 is 11.1 Å². The molecule has 0 aromatic carbocycles. The topological polar surface area (TPSA) is 54.2 Å². The molecule has 2 rings (SSSR count). The van der Waals surface area contributed by atoms with E-state index in [0.29, 0.717) is 11.0 Å². The first-order valence-corrected chi connectivity index (χ1v) is 7.12. The fourth-order valence-corrected chi connectivity index (χ4v) is 2.38. The highest BCUT2D eigenvalue weighted by molar-refractivity contribution is 7.80. The van der Waals surface area contributed by atoms with E-state index in [0.717, 1.165) is 30.8 Å². The summed E-state index contributed by atoms with van der Waals surface area (Å²) in [5.41, 5.74) is 9.19. The Morgan fingerprint density at radius 2 is 2.26 bits per heavy atom. The third kappa shape index (κ3) is 3.22. The van der Waals surface area contributed by atoms with Crippen molar-refractivity contribution in [2.75, 3.05) is 26.0 Å². The molecule has 0 fully saturated rings. The minimum Gasteiger partial charge on any atom is -0.389 e. The lowest BCUT2D eigenvalue weighted by Crippen LogP contribution is -2.32. The van der Waals surface area contributed by atoms with Gasteiger partial charge in [-0.05, 0) is 51.9 Å². The second-order valence-corrected chi connectivity index (χ2v) is 5.84. The number of aryl methyl sites for hydroxylation is 2. The van der Waals surface area contributed by atoms with E-state index < -0.39 is 0 Å². The van der Waals surface area contributed by atoms with Crippen molar-refractivity contribution in [1.29, 1.82) is 0 Å². The van der Waals surface area contributed by atoms with E-state index >= 15 is 0 Å². The normalized spacial score (nSPS) is 15.4. The maximum atomic E-state index is 5.82. The van der Waals surface area contributed by atoms with Gasteiger partial charge in [0.15, 0.2) is 0 Å². The van der Waals surface area contributed by atoms with E-state index in [-0.39, 0.29) is 0 Å². The first-order chi connectivity index (χ1) is 8.99. The van der Waals surface area contributed by atoms with E-state index in [1.54, 1.807) is 0 Å². The Morgan fingerprint density at radius 1 is 1.53 bits per heavy atom. The van der Waals surface area contributed by atoms with Crippen LogP contribution in [0.4, 0.5) is 5.82 Å². The Bertz CT molecular complexity index is 485. The van der Waals surface area contributed by atoms with Crippen molar-refractivity contribution in [3.05, 3.63) is 22.9 Å². The van der Waals surface area contributed by atoms with Gasteiger partial charge in [0.25, 0.3) is 0 Å². The molecule has 1 aromatic heterocycles. The Kier molecular flexibility index (Phi) is 4.37. The van der Waals surface area contributed by atoms with E-state index in [1.165, 1.54) is 17.7 Å². The standard InChI is InChI=1S/C14H22N4S/c1-9(18(2)3)8-16-14-11(13(15)19)7-10-5-4-6-12(10)17-14/h7,9H,4-6,8H2,1-3H3,(H2,15,19)(H,16,17). The molecule has 0 spiro atoms. The quantitative estimate of drug-likeness (QED) is 0.801. The Hall–Kier alpha value is -1.20. The molecular formula is C14H22N4S. The summed E-state index contributed by atoms with van der Waals surface area (Å²) in [4.78, 5) is 7.29. The average Bonchev–Trinajstić information content (AvgIpc) is 2.81. The summed E-state index contributed by atoms with van der Waals surface area (Å²) in [6, 6.07) is 2.54. The maximum absolute atomic E-state index is 5.82. The van der Waals surface area contributed by atoms with Crippen LogP contribution in [0.2, 0.25) is 0 Å². The van der Waals surface area contributed by atoms with Gasteiger partial charge >= 0.3 is 0 Å². The molecule has 4 nitrogen and oxygen atoms in total. The predicted octanol–water partition coefficient (Wildman–Crippen LogP) is 1.57. The van der Waals surface area contributed by atoms with Crippen LogP contribution in [0.25, 0.3) is 0 Å². The van der Waals surface area contributed by atoms with Gasteiger partial charge in [-0.25, -0.2) is 4.98 Å². The molecule has 104 valence electrons. The summed E-state index contributed by atoms with van der Waals surface area (Å²) < 4.78 is 0. The minimum absolute atomic E-state index is 0.419. The van der Waals surface area contributed by atoms with Crippen molar-refractivity contribution in [2.45, 2.75) is 32.2 Å². The monoisotopic (exact) mass is 278 g/mol. The second kappa shape index (κ2) is 5.84. The van der Waals surface area contributed by atoms with Crippen LogP contribution in [0.5, 0.6) is 0 Å². The van der Waals surface area contributed by atoms with E-state index in [2.05, 4.69) is 37.3 Å². The molecule has 0 aliphatic heterocycles. The van der Waals surface area contributed by atoms with E-state index in [4.69, 9.17) is 22.9 Å². The average molecular weight is 278 g/mol. The van der Waals surface area contributed by atoms with Crippen molar-refractivity contribution < 1.29 is 0 Å². The Labute approximate surface area is 120 Å². The van der Waals surface area contributed by atoms with Crippen molar-refractivity contribution in [3.8, 4) is 0 Å². The fraction of sp³-hybridized carbons (Fsp3) is 0.571. The molecule has 1 atom stereocenters. The number of rotatable bonds is 5. The van der Waals surface area contributed by atoms with Crippen LogP contribution in [0.15, 0.2) is 6.07 Å². The molecule has 0 bridgehead atoms. The number of fused-ring (bicyclic) bond motifs is 1. The first kappa shape index (κ1) is 14.2. The third-order valence-corrected chi connectivity index (χ3v) is 3.98. The number of thiocarbonyl (C=S) groups is 1. The lowest BCUT2D eigenvalue weighted by atomic mass is 10.1. The third-order valence-electron chi connectivity index (χ3n) is 3.76. The summed E-state index contributed by atoms with van der Waals surface area (Å²) in [5, 5.41) is 3.39. The number of nitrogens with zero attached hydrogens (tertiary/aromatic N) is 2. The zero-order valence-corrected chi connectivity index (χ0v) is 12.7. The van der Waals surface area contributed by atoms with Gasteiger partial charge < -0.3 is 16.0 Å². The largest absolute Gasteiger partial charge is 0.389 e. The summed E-state index contributed by atoms with van der Waals surface area (Å²) in [6.07, 6.45) is 3.33. The van der Waals surface area contributed by atoms with Gasteiger partial charge in [0, 0.05) is 18.3 Å². The number of aromatic nitrogens is 1. The molecule has 1 aliphatic rings. The number of hydrogen-bond acceptors (Lipinski definition) is 4. The summed E-state index contributed by atoms with van der Waals surface area (Å²) in [5.74, 6) is 0.835. The van der Waals surface area contributed by atoms with Gasteiger partial charge in [0.2, 0.25) is 0 Å². The highest BCUT2D eigenvalue weighted by Crippen LogP contribution is 2.25. The SMILES string of the molecule is CC(CNc1nc2c(cc1C(N)=S)CCC2)N(C)C. The predicted molar refractivity (Wildman–Crippen MR) is 83.8 cm³/mol. The van der Waals surface area contributed by atoms with Crippen LogP contribution in [0, 0.1) is 0 Å². The van der Waals surface area contributed by atoms with Crippen LogP contribution >= 0.6 is 12.2 Å². The van der Waals surface area contributed by atoms with Gasteiger partial charge in [0.1, 0.15) is 10.8 Å². The molecule has 1 aromatic rings. The van der Waals surface area contributed by atoms with Gasteiger partial charge in [-0.1, -0.05) is 12.2 Å². The fourth-order valence-electron chi connectivity index (χ4n) is 2.22. The van der Waals surface area contributed by atoms with Crippen molar-refractivity contribution >= 4 is 23.0 Å². The highest BCUT2D eigenvalue weighted by Gasteiger charge is 2.18. The molecule has 19 heavy (non-hydrogen) atoms. The van der Waals surface area contributed by atoms with E-state index in [9.17, 15) is 0 Å². The van der Waals surface area contributed by atoms with Crippen molar-refractivity contribution in [2.24, 2.45) is 5.73 Å². The van der Waals surface area contributed by atoms with Crippen LogP contribution in [0.1, 0.15) is 30.2 Å². The number of anilines is 1. The molecule has 5 heteroatoms. The Balaban J connectivity index is 2.21.